The lowest BCUT2D eigenvalue weighted by molar-refractivity contribution is 0.102. The SMILES string of the molecule is O=C(Nc1nc2c(s1)CN(C(=O)NCc1cccc3ccccc13)CC2)c1ccccn1. The van der Waals surface area contributed by atoms with Gasteiger partial charge in [-0.1, -0.05) is 59.9 Å². The lowest BCUT2D eigenvalue weighted by atomic mass is 10.0. The molecule has 3 amide bonds. The van der Waals surface area contributed by atoms with Crippen LogP contribution >= 0.6 is 11.3 Å². The highest BCUT2D eigenvalue weighted by Gasteiger charge is 2.24. The Morgan fingerprint density at radius 3 is 2.75 bits per heavy atom. The Balaban J connectivity index is 1.22. The highest BCUT2D eigenvalue weighted by atomic mass is 32.1. The number of amides is 3. The fourth-order valence-corrected chi connectivity index (χ4v) is 4.83. The monoisotopic (exact) mass is 443 g/mol. The lowest BCUT2D eigenvalue weighted by Gasteiger charge is -2.26. The number of hydrogen-bond donors (Lipinski definition) is 2. The van der Waals surface area contributed by atoms with Crippen LogP contribution in [0, 0.1) is 0 Å². The average molecular weight is 444 g/mol. The third kappa shape index (κ3) is 4.17. The highest BCUT2D eigenvalue weighted by molar-refractivity contribution is 7.15. The van der Waals surface area contributed by atoms with E-state index < -0.39 is 0 Å². The number of hydrogen-bond acceptors (Lipinski definition) is 5. The van der Waals surface area contributed by atoms with Crippen molar-refractivity contribution in [2.24, 2.45) is 0 Å². The zero-order chi connectivity index (χ0) is 21.9. The van der Waals surface area contributed by atoms with Gasteiger partial charge >= 0.3 is 6.03 Å². The number of carbonyl (C=O) groups is 2. The van der Waals surface area contributed by atoms with Crippen LogP contribution in [0.3, 0.4) is 0 Å². The van der Waals surface area contributed by atoms with Gasteiger partial charge in [0.25, 0.3) is 5.91 Å². The van der Waals surface area contributed by atoms with Gasteiger partial charge in [-0.2, -0.15) is 0 Å². The van der Waals surface area contributed by atoms with Crippen LogP contribution in [0.15, 0.2) is 66.9 Å². The normalized spacial score (nSPS) is 12.9. The number of anilines is 1. The van der Waals surface area contributed by atoms with Crippen molar-refractivity contribution in [2.45, 2.75) is 19.5 Å². The summed E-state index contributed by atoms with van der Waals surface area (Å²) in [4.78, 5) is 36.5. The first-order chi connectivity index (χ1) is 15.7. The summed E-state index contributed by atoms with van der Waals surface area (Å²) in [6.07, 6.45) is 2.24. The standard InChI is InChI=1S/C24H21N5O2S/c30-22(20-10-3-4-12-25-20)28-23-27-19-11-13-29(15-21(19)32-23)24(31)26-14-17-8-5-7-16-6-1-2-9-18(16)17/h1-10,12H,11,13-15H2,(H,26,31)(H,27,28,30). The number of nitrogens with one attached hydrogen (secondary N) is 2. The zero-order valence-corrected chi connectivity index (χ0v) is 18.1. The Morgan fingerprint density at radius 1 is 1.03 bits per heavy atom. The van der Waals surface area contributed by atoms with E-state index in [4.69, 9.17) is 0 Å². The number of aromatic nitrogens is 2. The predicted molar refractivity (Wildman–Crippen MR) is 125 cm³/mol. The first kappa shape index (κ1) is 20.1. The summed E-state index contributed by atoms with van der Waals surface area (Å²) in [7, 11) is 0. The Labute approximate surface area is 189 Å². The molecule has 0 saturated heterocycles. The van der Waals surface area contributed by atoms with Crippen LogP contribution in [0.25, 0.3) is 10.8 Å². The molecule has 7 nitrogen and oxygen atoms in total. The molecule has 0 saturated carbocycles. The summed E-state index contributed by atoms with van der Waals surface area (Å²) in [6.45, 7) is 1.54. The summed E-state index contributed by atoms with van der Waals surface area (Å²) < 4.78 is 0. The minimum atomic E-state index is -0.290. The smallest absolute Gasteiger partial charge is 0.318 e. The van der Waals surface area contributed by atoms with E-state index in [0.717, 1.165) is 26.9 Å². The molecule has 2 aromatic heterocycles. The largest absolute Gasteiger partial charge is 0.334 e. The number of nitrogens with zero attached hydrogens (tertiary/aromatic N) is 3. The molecule has 2 N–H and O–H groups in total. The summed E-state index contributed by atoms with van der Waals surface area (Å²) >= 11 is 1.40. The third-order valence-corrected chi connectivity index (χ3v) is 6.44. The van der Waals surface area contributed by atoms with Gasteiger partial charge in [0.1, 0.15) is 5.69 Å². The summed E-state index contributed by atoms with van der Waals surface area (Å²) in [5.41, 5.74) is 2.37. The number of urea groups is 1. The van der Waals surface area contributed by atoms with Gasteiger partial charge in [-0.25, -0.2) is 9.78 Å². The van der Waals surface area contributed by atoms with Crippen molar-refractivity contribution >= 4 is 39.2 Å². The molecule has 5 rings (SSSR count). The molecule has 4 aromatic rings. The van der Waals surface area contributed by atoms with Crippen LogP contribution in [-0.2, 0) is 19.5 Å². The molecule has 0 atom stereocenters. The van der Waals surface area contributed by atoms with Gasteiger partial charge in [0.05, 0.1) is 12.2 Å². The third-order valence-electron chi connectivity index (χ3n) is 5.45. The predicted octanol–water partition coefficient (Wildman–Crippen LogP) is 4.21. The van der Waals surface area contributed by atoms with Crippen LogP contribution in [0.5, 0.6) is 0 Å². The topological polar surface area (TPSA) is 87.2 Å². The van der Waals surface area contributed by atoms with E-state index in [2.05, 4.69) is 38.8 Å². The van der Waals surface area contributed by atoms with Gasteiger partial charge in [-0.3, -0.25) is 15.1 Å². The van der Waals surface area contributed by atoms with Crippen LogP contribution in [-0.4, -0.2) is 33.4 Å². The highest BCUT2D eigenvalue weighted by Crippen LogP contribution is 2.28. The number of thiazole rings is 1. The van der Waals surface area contributed by atoms with Gasteiger partial charge < -0.3 is 10.2 Å². The molecule has 0 aliphatic carbocycles. The van der Waals surface area contributed by atoms with Gasteiger partial charge in [0.15, 0.2) is 5.13 Å². The van der Waals surface area contributed by atoms with E-state index in [9.17, 15) is 9.59 Å². The van der Waals surface area contributed by atoms with Crippen LogP contribution in [0.1, 0.15) is 26.6 Å². The van der Waals surface area contributed by atoms with Crippen molar-refractivity contribution in [1.82, 2.24) is 20.2 Å². The van der Waals surface area contributed by atoms with E-state index in [0.29, 0.717) is 36.9 Å². The maximum atomic E-state index is 12.8. The van der Waals surface area contributed by atoms with Gasteiger partial charge in [-0.05, 0) is 28.5 Å². The van der Waals surface area contributed by atoms with Crippen molar-refractivity contribution in [3.8, 4) is 0 Å². The molecule has 0 spiro atoms. The average Bonchev–Trinajstić information content (AvgIpc) is 3.24. The van der Waals surface area contributed by atoms with Gasteiger partial charge in [0.2, 0.25) is 0 Å². The number of benzene rings is 2. The first-order valence-electron chi connectivity index (χ1n) is 10.4. The fourth-order valence-electron chi connectivity index (χ4n) is 3.81. The Bertz CT molecular complexity index is 1280. The molecule has 0 fully saturated rings. The lowest BCUT2D eigenvalue weighted by Crippen LogP contribution is -2.42. The molecular weight excluding hydrogens is 422 g/mol. The number of fused-ring (bicyclic) bond motifs is 2. The van der Waals surface area contributed by atoms with Crippen molar-refractivity contribution in [3.05, 3.63) is 88.7 Å². The minimum absolute atomic E-state index is 0.101. The Morgan fingerprint density at radius 2 is 1.88 bits per heavy atom. The van der Waals surface area contributed by atoms with Crippen molar-refractivity contribution < 1.29 is 9.59 Å². The molecule has 3 heterocycles. The van der Waals surface area contributed by atoms with Crippen molar-refractivity contribution in [3.63, 3.8) is 0 Å². The number of rotatable bonds is 4. The van der Waals surface area contributed by atoms with Crippen LogP contribution < -0.4 is 10.6 Å². The molecule has 1 aliphatic heterocycles. The molecule has 2 aromatic carbocycles. The van der Waals surface area contributed by atoms with E-state index in [1.165, 1.54) is 11.3 Å². The number of carbonyl (C=O) groups excluding carboxylic acids is 2. The zero-order valence-electron chi connectivity index (χ0n) is 17.2. The Hall–Kier alpha value is -3.78. The van der Waals surface area contributed by atoms with Crippen LogP contribution in [0.4, 0.5) is 9.93 Å². The second kappa shape index (κ2) is 8.76. The van der Waals surface area contributed by atoms with Crippen molar-refractivity contribution in [2.75, 3.05) is 11.9 Å². The molecule has 32 heavy (non-hydrogen) atoms. The summed E-state index contributed by atoms with van der Waals surface area (Å²) in [6, 6.07) is 19.4. The Kier molecular flexibility index (Phi) is 5.51. The second-order valence-electron chi connectivity index (χ2n) is 7.53. The van der Waals surface area contributed by atoms with E-state index in [-0.39, 0.29) is 11.9 Å². The minimum Gasteiger partial charge on any atom is -0.334 e. The number of pyridine rings is 1. The maximum absolute atomic E-state index is 12.8. The van der Waals surface area contributed by atoms with Crippen LogP contribution in [0.2, 0.25) is 0 Å². The fraction of sp³-hybridized carbons (Fsp3) is 0.167. The van der Waals surface area contributed by atoms with Gasteiger partial charge in [0, 0.05) is 30.6 Å². The van der Waals surface area contributed by atoms with Gasteiger partial charge in [-0.15, -0.1) is 0 Å². The molecule has 0 radical (unpaired) electrons. The summed E-state index contributed by atoms with van der Waals surface area (Å²) in [5, 5.41) is 8.69. The molecule has 1 aliphatic rings. The van der Waals surface area contributed by atoms with Crippen molar-refractivity contribution in [1.29, 1.82) is 0 Å². The molecular formula is C24H21N5O2S. The summed E-state index contributed by atoms with van der Waals surface area (Å²) in [5.74, 6) is -0.290. The molecule has 0 bridgehead atoms. The molecule has 160 valence electrons. The van der Waals surface area contributed by atoms with E-state index in [1.54, 1.807) is 29.3 Å². The molecule has 0 unspecified atom stereocenters. The first-order valence-corrected chi connectivity index (χ1v) is 11.2. The maximum Gasteiger partial charge on any atom is 0.318 e. The quantitative estimate of drug-likeness (QED) is 0.495. The molecule has 8 heteroatoms. The van der Waals surface area contributed by atoms with E-state index >= 15 is 0 Å². The second-order valence-corrected chi connectivity index (χ2v) is 8.61. The van der Waals surface area contributed by atoms with E-state index in [1.807, 2.05) is 24.3 Å².